The summed E-state index contributed by atoms with van der Waals surface area (Å²) in [5, 5.41) is 7.44. The van der Waals surface area contributed by atoms with Gasteiger partial charge in [0.2, 0.25) is 0 Å². The monoisotopic (exact) mass is 395 g/mol. The molecule has 0 unspecified atom stereocenters. The van der Waals surface area contributed by atoms with Crippen LogP contribution in [0.4, 0.5) is 4.39 Å². The maximum atomic E-state index is 13.5. The first kappa shape index (κ1) is 20.4. The first-order valence-electron chi connectivity index (χ1n) is 9.48. The zero-order chi connectivity index (χ0) is 20.8. The van der Waals surface area contributed by atoms with E-state index in [1.54, 1.807) is 38.2 Å². The molecule has 6 nitrogen and oxygen atoms in total. The molecule has 0 saturated heterocycles. The van der Waals surface area contributed by atoms with Gasteiger partial charge < -0.3 is 20.5 Å². The van der Waals surface area contributed by atoms with E-state index in [1.807, 2.05) is 30.5 Å². The molecule has 0 aliphatic carbocycles. The second kappa shape index (κ2) is 9.23. The largest absolute Gasteiger partial charge is 0.361 e. The van der Waals surface area contributed by atoms with Crippen LogP contribution in [0.5, 0.6) is 0 Å². The van der Waals surface area contributed by atoms with Gasteiger partial charge in [-0.1, -0.05) is 12.1 Å². The number of aliphatic imine (C=N–C) groups is 1. The van der Waals surface area contributed by atoms with Crippen molar-refractivity contribution in [3.05, 3.63) is 71.2 Å². The predicted octanol–water partition coefficient (Wildman–Crippen LogP) is 2.92. The standard InChI is InChI=1S/C22H26FN5O/c1-24-22(27-13-15-4-6-16(7-5-15)21(29)28(2)3)25-11-10-17-14-26-20-9-8-18(23)12-19(17)20/h4-9,12,14,26H,10-11,13H2,1-3H3,(H2,24,25,27). The molecule has 3 aromatic rings. The molecule has 7 heteroatoms. The third kappa shape index (κ3) is 5.13. The maximum Gasteiger partial charge on any atom is 0.253 e. The lowest BCUT2D eigenvalue weighted by Crippen LogP contribution is -2.37. The number of guanidine groups is 1. The Morgan fingerprint density at radius 3 is 2.59 bits per heavy atom. The molecule has 0 spiro atoms. The van der Waals surface area contributed by atoms with E-state index in [0.29, 0.717) is 24.6 Å². The van der Waals surface area contributed by atoms with Crippen LogP contribution in [0.25, 0.3) is 10.9 Å². The summed E-state index contributed by atoms with van der Waals surface area (Å²) in [6.07, 6.45) is 2.66. The molecular weight excluding hydrogens is 369 g/mol. The molecule has 0 fully saturated rings. The van der Waals surface area contributed by atoms with Crippen molar-refractivity contribution in [2.75, 3.05) is 27.7 Å². The van der Waals surface area contributed by atoms with Gasteiger partial charge in [-0.3, -0.25) is 9.79 Å². The first-order chi connectivity index (χ1) is 14.0. The Morgan fingerprint density at radius 2 is 1.90 bits per heavy atom. The lowest BCUT2D eigenvalue weighted by Gasteiger charge is -2.13. The molecule has 29 heavy (non-hydrogen) atoms. The number of rotatable bonds is 6. The number of benzene rings is 2. The van der Waals surface area contributed by atoms with Gasteiger partial charge in [-0.25, -0.2) is 4.39 Å². The Kier molecular flexibility index (Phi) is 6.49. The van der Waals surface area contributed by atoms with Crippen LogP contribution in [0.15, 0.2) is 53.7 Å². The van der Waals surface area contributed by atoms with Gasteiger partial charge in [0.15, 0.2) is 5.96 Å². The molecule has 0 atom stereocenters. The van der Waals surface area contributed by atoms with Crippen LogP contribution in [0.1, 0.15) is 21.5 Å². The lowest BCUT2D eigenvalue weighted by molar-refractivity contribution is 0.0827. The summed E-state index contributed by atoms with van der Waals surface area (Å²) >= 11 is 0. The molecule has 2 aromatic carbocycles. The van der Waals surface area contributed by atoms with E-state index in [-0.39, 0.29) is 11.7 Å². The number of carbonyl (C=O) groups is 1. The van der Waals surface area contributed by atoms with Gasteiger partial charge in [0.05, 0.1) is 0 Å². The molecule has 3 N–H and O–H groups in total. The Bertz CT molecular complexity index is 1010. The number of aromatic nitrogens is 1. The van der Waals surface area contributed by atoms with Crippen molar-refractivity contribution in [3.8, 4) is 0 Å². The minimum absolute atomic E-state index is 0.0147. The van der Waals surface area contributed by atoms with Crippen LogP contribution in [0, 0.1) is 5.82 Å². The summed E-state index contributed by atoms with van der Waals surface area (Å²) in [4.78, 5) is 20.9. The van der Waals surface area contributed by atoms with E-state index < -0.39 is 0 Å². The van der Waals surface area contributed by atoms with Crippen molar-refractivity contribution in [2.24, 2.45) is 4.99 Å². The average molecular weight is 395 g/mol. The van der Waals surface area contributed by atoms with Crippen molar-refractivity contribution in [3.63, 3.8) is 0 Å². The maximum absolute atomic E-state index is 13.5. The fraction of sp³-hybridized carbons (Fsp3) is 0.273. The van der Waals surface area contributed by atoms with E-state index in [4.69, 9.17) is 0 Å². The summed E-state index contributed by atoms with van der Waals surface area (Å²) in [5.74, 6) is 0.436. The lowest BCUT2D eigenvalue weighted by atomic mass is 10.1. The van der Waals surface area contributed by atoms with Crippen molar-refractivity contribution in [1.82, 2.24) is 20.5 Å². The number of carbonyl (C=O) groups excluding carboxylic acids is 1. The minimum Gasteiger partial charge on any atom is -0.361 e. The van der Waals surface area contributed by atoms with E-state index in [0.717, 1.165) is 28.5 Å². The molecule has 1 amide bonds. The van der Waals surface area contributed by atoms with Crippen LogP contribution in [0.3, 0.4) is 0 Å². The van der Waals surface area contributed by atoms with Gasteiger partial charge in [0.1, 0.15) is 5.82 Å². The van der Waals surface area contributed by atoms with Crippen molar-refractivity contribution in [1.29, 1.82) is 0 Å². The van der Waals surface area contributed by atoms with Crippen molar-refractivity contribution < 1.29 is 9.18 Å². The Balaban J connectivity index is 1.50. The molecule has 3 rings (SSSR count). The first-order valence-corrected chi connectivity index (χ1v) is 9.48. The van der Waals surface area contributed by atoms with E-state index in [2.05, 4.69) is 20.6 Å². The quantitative estimate of drug-likeness (QED) is 0.444. The number of nitrogens with zero attached hydrogens (tertiary/aromatic N) is 2. The number of H-pyrrole nitrogens is 1. The SMILES string of the molecule is CN=C(NCCc1c[nH]c2ccc(F)cc12)NCc1ccc(C(=O)N(C)C)cc1. The highest BCUT2D eigenvalue weighted by atomic mass is 19.1. The minimum atomic E-state index is -0.234. The van der Waals surface area contributed by atoms with Crippen LogP contribution in [-0.4, -0.2) is 49.4 Å². The second-order valence-electron chi connectivity index (χ2n) is 7.00. The van der Waals surface area contributed by atoms with E-state index in [1.165, 1.54) is 6.07 Å². The zero-order valence-corrected chi connectivity index (χ0v) is 16.9. The molecule has 0 aliphatic heterocycles. The van der Waals surface area contributed by atoms with Gasteiger partial charge in [0, 0.05) is 56.9 Å². The summed E-state index contributed by atoms with van der Waals surface area (Å²) in [6, 6.07) is 12.3. The van der Waals surface area contributed by atoms with Crippen LogP contribution >= 0.6 is 0 Å². The smallest absolute Gasteiger partial charge is 0.253 e. The second-order valence-corrected chi connectivity index (χ2v) is 7.00. The van der Waals surface area contributed by atoms with Crippen LogP contribution in [-0.2, 0) is 13.0 Å². The van der Waals surface area contributed by atoms with Crippen molar-refractivity contribution >= 4 is 22.8 Å². The third-order valence-corrected chi connectivity index (χ3v) is 4.71. The molecule has 0 radical (unpaired) electrons. The number of hydrogen-bond acceptors (Lipinski definition) is 2. The van der Waals surface area contributed by atoms with Crippen LogP contribution < -0.4 is 10.6 Å². The highest BCUT2D eigenvalue weighted by molar-refractivity contribution is 5.93. The molecule has 1 aromatic heterocycles. The van der Waals surface area contributed by atoms with Gasteiger partial charge in [-0.05, 0) is 47.9 Å². The zero-order valence-electron chi connectivity index (χ0n) is 16.9. The van der Waals surface area contributed by atoms with Crippen LogP contribution in [0.2, 0.25) is 0 Å². The fourth-order valence-corrected chi connectivity index (χ4v) is 3.10. The van der Waals surface area contributed by atoms with Gasteiger partial charge >= 0.3 is 0 Å². The molecule has 152 valence electrons. The highest BCUT2D eigenvalue weighted by Gasteiger charge is 2.08. The Morgan fingerprint density at radius 1 is 1.14 bits per heavy atom. The van der Waals surface area contributed by atoms with Crippen molar-refractivity contribution in [2.45, 2.75) is 13.0 Å². The fourth-order valence-electron chi connectivity index (χ4n) is 3.10. The molecular formula is C22H26FN5O. The molecule has 0 bridgehead atoms. The van der Waals surface area contributed by atoms with E-state index >= 15 is 0 Å². The van der Waals surface area contributed by atoms with Gasteiger partial charge in [-0.2, -0.15) is 0 Å². The number of aromatic amines is 1. The Hall–Kier alpha value is -3.35. The average Bonchev–Trinajstić information content (AvgIpc) is 3.12. The number of hydrogen-bond donors (Lipinski definition) is 3. The molecule has 0 aliphatic rings. The van der Waals surface area contributed by atoms with Gasteiger partial charge in [0.25, 0.3) is 5.91 Å². The summed E-state index contributed by atoms with van der Waals surface area (Å²) in [6.45, 7) is 1.26. The number of amides is 1. The predicted molar refractivity (Wildman–Crippen MR) is 115 cm³/mol. The normalized spacial score (nSPS) is 11.5. The van der Waals surface area contributed by atoms with Gasteiger partial charge in [-0.15, -0.1) is 0 Å². The third-order valence-electron chi connectivity index (χ3n) is 4.71. The summed E-state index contributed by atoms with van der Waals surface area (Å²) in [5.41, 5.74) is 3.70. The number of halogens is 1. The molecule has 0 saturated carbocycles. The Labute approximate surface area is 169 Å². The highest BCUT2D eigenvalue weighted by Crippen LogP contribution is 2.19. The molecule has 1 heterocycles. The summed E-state index contributed by atoms with van der Waals surface area (Å²) < 4.78 is 13.5. The van der Waals surface area contributed by atoms with E-state index in [9.17, 15) is 9.18 Å². The number of nitrogens with one attached hydrogen (secondary N) is 3. The topological polar surface area (TPSA) is 72.5 Å². The number of fused-ring (bicyclic) bond motifs is 1. The summed E-state index contributed by atoms with van der Waals surface area (Å²) in [7, 11) is 5.19.